The molecule has 1 fully saturated rings. The number of nitrogens with one attached hydrogen (secondary N) is 1. The summed E-state index contributed by atoms with van der Waals surface area (Å²) in [7, 11) is 1.91. The Balaban J connectivity index is 2.24. The second-order valence-corrected chi connectivity index (χ2v) is 4.38. The van der Waals surface area contributed by atoms with Crippen LogP contribution in [0.2, 0.25) is 0 Å². The second kappa shape index (κ2) is 5.30. The smallest absolute Gasteiger partial charge is 0.127 e. The van der Waals surface area contributed by atoms with Gasteiger partial charge in [-0.3, -0.25) is 9.58 Å². The first kappa shape index (κ1) is 12.1. The first-order valence-electron chi connectivity index (χ1n) is 6.13. The van der Waals surface area contributed by atoms with E-state index in [0.717, 1.165) is 43.9 Å². The summed E-state index contributed by atoms with van der Waals surface area (Å²) >= 11 is 0. The lowest BCUT2D eigenvalue weighted by molar-refractivity contribution is 0.207. The highest BCUT2D eigenvalue weighted by Crippen LogP contribution is 2.23. The van der Waals surface area contributed by atoms with Crippen molar-refractivity contribution in [2.24, 2.45) is 7.05 Å². The molecule has 0 bridgehead atoms. The highest BCUT2D eigenvalue weighted by molar-refractivity contribution is 5.26. The molecule has 0 aliphatic carbocycles. The van der Waals surface area contributed by atoms with Gasteiger partial charge < -0.3 is 5.32 Å². The van der Waals surface area contributed by atoms with Gasteiger partial charge in [-0.15, -0.1) is 0 Å². The zero-order valence-corrected chi connectivity index (χ0v) is 10.5. The van der Waals surface area contributed by atoms with Gasteiger partial charge in [0.15, 0.2) is 0 Å². The summed E-state index contributed by atoms with van der Waals surface area (Å²) in [5.41, 5.74) is 2.11. The molecule has 0 amide bonds. The minimum absolute atomic E-state index is 0.152. The molecule has 2 rings (SSSR count). The van der Waals surface area contributed by atoms with Crippen molar-refractivity contribution in [3.05, 3.63) is 17.5 Å². The molecule has 2 heterocycles. The lowest BCUT2D eigenvalue weighted by Gasteiger charge is -2.30. The van der Waals surface area contributed by atoms with Gasteiger partial charge in [0.05, 0.1) is 11.8 Å². The lowest BCUT2D eigenvalue weighted by atomic mass is 10.1. The van der Waals surface area contributed by atoms with Crippen molar-refractivity contribution in [2.45, 2.75) is 19.4 Å². The number of nitriles is 1. The first-order valence-corrected chi connectivity index (χ1v) is 6.13. The second-order valence-electron chi connectivity index (χ2n) is 4.38. The van der Waals surface area contributed by atoms with Gasteiger partial charge in [0.25, 0.3) is 0 Å². The van der Waals surface area contributed by atoms with Gasteiger partial charge in [0.1, 0.15) is 6.04 Å². The molecule has 1 unspecified atom stereocenters. The Labute approximate surface area is 102 Å². The maximum absolute atomic E-state index is 9.41. The molecule has 1 aliphatic heterocycles. The van der Waals surface area contributed by atoms with E-state index in [1.54, 1.807) is 4.68 Å². The molecule has 5 heteroatoms. The third-order valence-electron chi connectivity index (χ3n) is 3.21. The zero-order chi connectivity index (χ0) is 12.3. The molecule has 1 aromatic heterocycles. The molecule has 1 aromatic rings. The van der Waals surface area contributed by atoms with Crippen LogP contribution >= 0.6 is 0 Å². The highest BCUT2D eigenvalue weighted by atomic mass is 15.3. The minimum Gasteiger partial charge on any atom is -0.314 e. The summed E-state index contributed by atoms with van der Waals surface area (Å²) in [6.07, 6.45) is 2.86. The van der Waals surface area contributed by atoms with E-state index < -0.39 is 0 Å². The van der Waals surface area contributed by atoms with E-state index >= 15 is 0 Å². The molecular weight excluding hydrogens is 214 g/mol. The van der Waals surface area contributed by atoms with Crippen LogP contribution in [0.25, 0.3) is 0 Å². The van der Waals surface area contributed by atoms with Crippen molar-refractivity contribution in [1.29, 1.82) is 5.26 Å². The van der Waals surface area contributed by atoms with Crippen LogP contribution in [0.5, 0.6) is 0 Å². The average molecular weight is 233 g/mol. The van der Waals surface area contributed by atoms with Crippen LogP contribution in [0.15, 0.2) is 6.20 Å². The predicted molar refractivity (Wildman–Crippen MR) is 65.4 cm³/mol. The molecule has 92 valence electrons. The van der Waals surface area contributed by atoms with Crippen molar-refractivity contribution in [1.82, 2.24) is 20.0 Å². The molecule has 1 atom stereocenters. The number of aromatic nitrogens is 2. The maximum Gasteiger partial charge on any atom is 0.127 e. The standard InChI is InChI=1S/C12H19N5/c1-3-11-10(9-16(2)15-11)12(8-13)17-6-4-14-5-7-17/h9,12,14H,3-7H2,1-2H3. The molecule has 0 saturated carbocycles. The molecule has 1 N–H and O–H groups in total. The van der Waals surface area contributed by atoms with Crippen molar-refractivity contribution < 1.29 is 0 Å². The van der Waals surface area contributed by atoms with Gasteiger partial charge in [0, 0.05) is 45.0 Å². The third-order valence-corrected chi connectivity index (χ3v) is 3.21. The molecule has 0 spiro atoms. The average Bonchev–Trinajstić information content (AvgIpc) is 2.73. The van der Waals surface area contributed by atoms with Gasteiger partial charge in [-0.05, 0) is 6.42 Å². The summed E-state index contributed by atoms with van der Waals surface area (Å²) in [6.45, 7) is 5.85. The van der Waals surface area contributed by atoms with Crippen molar-refractivity contribution in [2.75, 3.05) is 26.2 Å². The van der Waals surface area contributed by atoms with Crippen LogP contribution in [0.4, 0.5) is 0 Å². The number of aryl methyl sites for hydroxylation is 2. The van der Waals surface area contributed by atoms with E-state index in [9.17, 15) is 5.26 Å². The summed E-state index contributed by atoms with van der Waals surface area (Å²) in [4.78, 5) is 2.23. The number of piperazine rings is 1. The fourth-order valence-electron chi connectivity index (χ4n) is 2.34. The van der Waals surface area contributed by atoms with Crippen LogP contribution in [-0.2, 0) is 13.5 Å². The largest absolute Gasteiger partial charge is 0.314 e. The number of nitrogens with zero attached hydrogens (tertiary/aromatic N) is 4. The van der Waals surface area contributed by atoms with E-state index in [1.165, 1.54) is 0 Å². The normalized spacial score (nSPS) is 18.9. The van der Waals surface area contributed by atoms with E-state index in [0.29, 0.717) is 0 Å². The Kier molecular flexibility index (Phi) is 3.77. The summed E-state index contributed by atoms with van der Waals surface area (Å²) in [5, 5.41) is 17.1. The SMILES string of the molecule is CCc1nn(C)cc1C(C#N)N1CCNCC1. The van der Waals surface area contributed by atoms with Crippen molar-refractivity contribution >= 4 is 0 Å². The molecule has 0 aromatic carbocycles. The molecular formula is C12H19N5. The van der Waals surface area contributed by atoms with Gasteiger partial charge in [-0.1, -0.05) is 6.92 Å². The Morgan fingerprint density at radius 1 is 1.53 bits per heavy atom. The Morgan fingerprint density at radius 3 is 2.82 bits per heavy atom. The molecule has 1 aliphatic rings. The van der Waals surface area contributed by atoms with E-state index in [4.69, 9.17) is 0 Å². The number of hydrogen-bond acceptors (Lipinski definition) is 4. The predicted octanol–water partition coefficient (Wildman–Crippen LogP) is 0.452. The maximum atomic E-state index is 9.41. The van der Waals surface area contributed by atoms with Crippen LogP contribution in [0, 0.1) is 11.3 Å². The van der Waals surface area contributed by atoms with Gasteiger partial charge in [-0.2, -0.15) is 10.4 Å². The minimum atomic E-state index is -0.152. The topological polar surface area (TPSA) is 56.9 Å². The monoisotopic (exact) mass is 233 g/mol. The number of rotatable bonds is 3. The quantitative estimate of drug-likeness (QED) is 0.823. The first-order chi connectivity index (χ1) is 8.26. The fraction of sp³-hybridized carbons (Fsp3) is 0.667. The van der Waals surface area contributed by atoms with Crippen LogP contribution in [0.1, 0.15) is 24.2 Å². The molecule has 0 radical (unpaired) electrons. The summed E-state index contributed by atoms with van der Waals surface area (Å²) in [6, 6.07) is 2.27. The zero-order valence-electron chi connectivity index (χ0n) is 10.5. The van der Waals surface area contributed by atoms with Crippen LogP contribution in [-0.4, -0.2) is 40.9 Å². The van der Waals surface area contributed by atoms with Gasteiger partial charge in [-0.25, -0.2) is 0 Å². The Morgan fingerprint density at radius 2 is 2.24 bits per heavy atom. The van der Waals surface area contributed by atoms with Crippen LogP contribution < -0.4 is 5.32 Å². The van der Waals surface area contributed by atoms with Crippen molar-refractivity contribution in [3.63, 3.8) is 0 Å². The molecule has 1 saturated heterocycles. The lowest BCUT2D eigenvalue weighted by Crippen LogP contribution is -2.44. The van der Waals surface area contributed by atoms with Crippen molar-refractivity contribution in [3.8, 4) is 6.07 Å². The molecule has 17 heavy (non-hydrogen) atoms. The van der Waals surface area contributed by atoms with Gasteiger partial charge in [0.2, 0.25) is 0 Å². The van der Waals surface area contributed by atoms with E-state index in [2.05, 4.69) is 28.3 Å². The summed E-state index contributed by atoms with van der Waals surface area (Å²) in [5.74, 6) is 0. The Bertz CT molecular complexity index is 411. The third kappa shape index (κ3) is 2.48. The van der Waals surface area contributed by atoms with E-state index in [-0.39, 0.29) is 6.04 Å². The Hall–Kier alpha value is -1.38. The summed E-state index contributed by atoms with van der Waals surface area (Å²) < 4.78 is 1.81. The molecule has 5 nitrogen and oxygen atoms in total. The van der Waals surface area contributed by atoms with E-state index in [1.807, 2.05) is 13.2 Å². The fourth-order valence-corrected chi connectivity index (χ4v) is 2.34. The number of hydrogen-bond donors (Lipinski definition) is 1. The van der Waals surface area contributed by atoms with Gasteiger partial charge >= 0.3 is 0 Å². The highest BCUT2D eigenvalue weighted by Gasteiger charge is 2.25. The van der Waals surface area contributed by atoms with Crippen LogP contribution in [0.3, 0.4) is 0 Å².